The first-order chi connectivity index (χ1) is 14.6. The van der Waals surface area contributed by atoms with Crippen LogP contribution in [0, 0.1) is 17.8 Å². The zero-order chi connectivity index (χ0) is 23.1. The van der Waals surface area contributed by atoms with Crippen molar-refractivity contribution < 1.29 is 19.5 Å². The lowest BCUT2D eigenvalue weighted by Crippen LogP contribution is -2.58. The molecule has 3 aliphatic rings. The van der Waals surface area contributed by atoms with Gasteiger partial charge in [0.15, 0.2) is 0 Å². The van der Waals surface area contributed by atoms with Crippen molar-refractivity contribution >= 4 is 45.4 Å². The van der Waals surface area contributed by atoms with Crippen molar-refractivity contribution in [2.75, 3.05) is 13.7 Å². The van der Waals surface area contributed by atoms with Gasteiger partial charge in [0.1, 0.15) is 6.04 Å². The summed E-state index contributed by atoms with van der Waals surface area (Å²) < 4.78 is -0.659. The molecule has 1 spiro atoms. The molecule has 3 saturated heterocycles. The third kappa shape index (κ3) is 4.14. The van der Waals surface area contributed by atoms with E-state index in [9.17, 15) is 19.5 Å². The summed E-state index contributed by atoms with van der Waals surface area (Å²) in [6.45, 7) is 7.95. The molecular formula is C22H36BrN3O4S. The van der Waals surface area contributed by atoms with Crippen molar-refractivity contribution in [3.63, 3.8) is 0 Å². The number of aliphatic hydroxyl groups excluding tert-OH is 1. The maximum atomic E-state index is 13.8. The number of alkyl halides is 1. The van der Waals surface area contributed by atoms with E-state index in [1.54, 1.807) is 23.7 Å². The largest absolute Gasteiger partial charge is 0.394 e. The summed E-state index contributed by atoms with van der Waals surface area (Å²) in [5, 5.41) is 16.0. The Morgan fingerprint density at radius 3 is 2.55 bits per heavy atom. The van der Waals surface area contributed by atoms with Gasteiger partial charge in [0.2, 0.25) is 17.7 Å². The van der Waals surface area contributed by atoms with E-state index in [4.69, 9.17) is 0 Å². The number of amides is 3. The van der Waals surface area contributed by atoms with Gasteiger partial charge >= 0.3 is 0 Å². The SMILES string of the molecule is CCCC(C)NC(=O)C1N([C@@H](CO)CC(C)C)C(=O)[C@@H]2[C@@H](C(=O)NC)[C@@H]3SC12CC3Br. The van der Waals surface area contributed by atoms with Gasteiger partial charge in [-0.1, -0.05) is 43.1 Å². The van der Waals surface area contributed by atoms with Crippen LogP contribution in [0.15, 0.2) is 0 Å². The summed E-state index contributed by atoms with van der Waals surface area (Å²) in [5.41, 5.74) is 0. The second-order valence-corrected chi connectivity index (χ2v) is 12.4. The fraction of sp³-hybridized carbons (Fsp3) is 0.864. The van der Waals surface area contributed by atoms with Crippen LogP contribution >= 0.6 is 27.7 Å². The molecule has 3 rings (SSSR count). The number of carbonyl (C=O) groups excluding carboxylic acids is 3. The second-order valence-electron chi connectivity index (χ2n) is 9.69. The normalized spacial score (nSPS) is 35.9. The molecule has 0 aromatic carbocycles. The summed E-state index contributed by atoms with van der Waals surface area (Å²) in [4.78, 5) is 42.0. The number of fused-ring (bicyclic) bond motifs is 1. The number of aliphatic hydroxyl groups is 1. The fourth-order valence-corrected chi connectivity index (χ4v) is 9.47. The Labute approximate surface area is 198 Å². The number of rotatable bonds is 9. The maximum absolute atomic E-state index is 13.8. The van der Waals surface area contributed by atoms with E-state index in [1.807, 2.05) is 20.8 Å². The lowest BCUT2D eigenvalue weighted by molar-refractivity contribution is -0.143. The smallest absolute Gasteiger partial charge is 0.244 e. The predicted molar refractivity (Wildman–Crippen MR) is 126 cm³/mol. The average molecular weight is 519 g/mol. The Balaban J connectivity index is 2.05. The number of likely N-dealkylation sites (tertiary alicyclic amines) is 1. The molecule has 9 heteroatoms. The van der Waals surface area contributed by atoms with Crippen LogP contribution in [0.2, 0.25) is 0 Å². The lowest BCUT2D eigenvalue weighted by Gasteiger charge is -2.38. The minimum absolute atomic E-state index is 0.000634. The van der Waals surface area contributed by atoms with Gasteiger partial charge in [-0.3, -0.25) is 14.4 Å². The summed E-state index contributed by atoms with van der Waals surface area (Å²) in [6, 6.07) is -1.13. The molecule has 7 nitrogen and oxygen atoms in total. The first-order valence-corrected chi connectivity index (χ1v) is 13.2. The quantitative estimate of drug-likeness (QED) is 0.405. The predicted octanol–water partition coefficient (Wildman–Crippen LogP) is 1.91. The van der Waals surface area contributed by atoms with Crippen molar-refractivity contribution in [3.8, 4) is 0 Å². The van der Waals surface area contributed by atoms with E-state index >= 15 is 0 Å². The van der Waals surface area contributed by atoms with E-state index in [0.717, 1.165) is 12.8 Å². The Kier molecular flexibility index (Phi) is 7.69. The minimum atomic E-state index is -0.690. The van der Waals surface area contributed by atoms with Crippen molar-refractivity contribution in [1.82, 2.24) is 15.5 Å². The average Bonchev–Trinajstić information content (AvgIpc) is 3.29. The van der Waals surface area contributed by atoms with E-state index in [-0.39, 0.29) is 46.4 Å². The van der Waals surface area contributed by atoms with Gasteiger partial charge in [-0.25, -0.2) is 0 Å². The molecule has 3 aliphatic heterocycles. The fourth-order valence-electron chi connectivity index (χ4n) is 5.87. The molecule has 0 aromatic rings. The molecular weight excluding hydrogens is 482 g/mol. The van der Waals surface area contributed by atoms with Crippen LogP contribution in [0.5, 0.6) is 0 Å². The van der Waals surface area contributed by atoms with Crippen LogP contribution in [-0.4, -0.2) is 74.3 Å². The van der Waals surface area contributed by atoms with Gasteiger partial charge in [0.05, 0.1) is 29.2 Å². The molecule has 0 aromatic heterocycles. The van der Waals surface area contributed by atoms with Crippen molar-refractivity contribution in [3.05, 3.63) is 0 Å². The summed E-state index contributed by atoms with van der Waals surface area (Å²) in [6.07, 6.45) is 3.07. The highest BCUT2D eigenvalue weighted by atomic mass is 79.9. The van der Waals surface area contributed by atoms with Crippen LogP contribution in [0.4, 0.5) is 0 Å². The van der Waals surface area contributed by atoms with Crippen molar-refractivity contribution in [2.45, 2.75) is 86.3 Å². The van der Waals surface area contributed by atoms with Crippen molar-refractivity contribution in [2.24, 2.45) is 17.8 Å². The van der Waals surface area contributed by atoms with Gasteiger partial charge in [0.25, 0.3) is 0 Å². The molecule has 0 radical (unpaired) electrons. The van der Waals surface area contributed by atoms with Gasteiger partial charge in [-0.2, -0.15) is 0 Å². The van der Waals surface area contributed by atoms with Gasteiger partial charge in [0, 0.05) is 23.2 Å². The molecule has 3 fully saturated rings. The number of hydrogen-bond donors (Lipinski definition) is 3. The molecule has 4 unspecified atom stereocenters. The number of thioether (sulfide) groups is 1. The third-order valence-corrected chi connectivity index (χ3v) is 10.2. The first-order valence-electron chi connectivity index (χ1n) is 11.4. The Morgan fingerprint density at radius 2 is 2.00 bits per heavy atom. The van der Waals surface area contributed by atoms with E-state index in [1.165, 1.54) is 0 Å². The molecule has 3 amide bonds. The van der Waals surface area contributed by atoms with Crippen LogP contribution in [0.3, 0.4) is 0 Å². The van der Waals surface area contributed by atoms with E-state index < -0.39 is 28.7 Å². The van der Waals surface area contributed by atoms with Gasteiger partial charge < -0.3 is 20.6 Å². The molecule has 8 atom stereocenters. The number of nitrogens with zero attached hydrogens (tertiary/aromatic N) is 1. The zero-order valence-corrected chi connectivity index (χ0v) is 21.5. The van der Waals surface area contributed by atoms with Gasteiger partial charge in [-0.15, -0.1) is 11.8 Å². The third-order valence-electron chi connectivity index (χ3n) is 6.98. The topological polar surface area (TPSA) is 98.7 Å². The maximum Gasteiger partial charge on any atom is 0.244 e. The van der Waals surface area contributed by atoms with Crippen LogP contribution in [0.1, 0.15) is 53.4 Å². The Hall–Kier alpha value is -0.800. The highest BCUT2D eigenvalue weighted by Gasteiger charge is 2.76. The zero-order valence-electron chi connectivity index (χ0n) is 19.1. The van der Waals surface area contributed by atoms with Crippen molar-refractivity contribution in [1.29, 1.82) is 0 Å². The number of carbonyl (C=O) groups is 3. The number of nitrogens with one attached hydrogen (secondary N) is 2. The first kappa shape index (κ1) is 24.8. The minimum Gasteiger partial charge on any atom is -0.394 e. The molecule has 3 N–H and O–H groups in total. The molecule has 0 aliphatic carbocycles. The molecule has 2 bridgehead atoms. The lowest BCUT2D eigenvalue weighted by atomic mass is 9.70. The standard InChI is InChI=1S/C22H36BrN3O4S/c1-6-7-12(4)25-20(29)18-22-9-14(23)17(31-22)15(19(28)24-5)16(22)21(30)26(18)13(10-27)8-11(2)3/h11-18,27H,6-10H2,1-5H3,(H,24,28)(H,25,29)/t12?,13-,14?,15-,16+,17-,18?,22?/m1/s1. The monoisotopic (exact) mass is 517 g/mol. The molecule has 176 valence electrons. The summed E-state index contributed by atoms with van der Waals surface area (Å²) in [7, 11) is 1.60. The van der Waals surface area contributed by atoms with Crippen LogP contribution in [0.25, 0.3) is 0 Å². The number of hydrogen-bond acceptors (Lipinski definition) is 5. The molecule has 31 heavy (non-hydrogen) atoms. The Bertz CT molecular complexity index is 723. The summed E-state index contributed by atoms with van der Waals surface area (Å²) in [5.74, 6) is -1.24. The Morgan fingerprint density at radius 1 is 1.32 bits per heavy atom. The van der Waals surface area contributed by atoms with E-state index in [2.05, 4.69) is 33.5 Å². The second kappa shape index (κ2) is 9.59. The highest BCUT2D eigenvalue weighted by molar-refractivity contribution is 9.09. The van der Waals surface area contributed by atoms with Gasteiger partial charge in [-0.05, 0) is 32.1 Å². The summed E-state index contributed by atoms with van der Waals surface area (Å²) >= 11 is 5.37. The molecule has 0 saturated carbocycles. The van der Waals surface area contributed by atoms with Crippen LogP contribution in [-0.2, 0) is 14.4 Å². The van der Waals surface area contributed by atoms with Crippen LogP contribution < -0.4 is 10.6 Å². The highest BCUT2D eigenvalue weighted by Crippen LogP contribution is 2.68. The molecule has 3 heterocycles. The van der Waals surface area contributed by atoms with E-state index in [0.29, 0.717) is 12.8 Å². The number of halogens is 1.